The number of rotatable bonds is 7. The van der Waals surface area contributed by atoms with E-state index in [-0.39, 0.29) is 11.8 Å². The Hall–Kier alpha value is -2.66. The molecule has 0 heterocycles. The minimum Gasteiger partial charge on any atom is -0.321 e. The molecule has 0 bridgehead atoms. The van der Waals surface area contributed by atoms with Crippen LogP contribution < -0.4 is 15.8 Å². The molecule has 0 aromatic heterocycles. The Labute approximate surface area is 160 Å². The SMILES string of the molecule is CC(C)c1ccc(C[NH+](CC(=O)NNC(=O)c2ccccc2)C2CC2)cc1. The van der Waals surface area contributed by atoms with Crippen molar-refractivity contribution in [2.45, 2.75) is 45.2 Å². The maximum atomic E-state index is 12.3. The molecule has 1 saturated carbocycles. The first-order valence-electron chi connectivity index (χ1n) is 9.60. The second kappa shape index (κ2) is 8.82. The molecule has 0 saturated heterocycles. The largest absolute Gasteiger partial charge is 0.321 e. The lowest BCUT2D eigenvalue weighted by Crippen LogP contribution is -3.13. The number of hydrogen-bond donors (Lipinski definition) is 3. The van der Waals surface area contributed by atoms with Gasteiger partial charge in [0.25, 0.3) is 11.8 Å². The van der Waals surface area contributed by atoms with Crippen LogP contribution in [-0.4, -0.2) is 24.4 Å². The standard InChI is InChI=1S/C22H27N3O2/c1-16(2)18-10-8-17(9-11-18)14-25(20-12-13-20)15-21(26)23-24-22(27)19-6-4-3-5-7-19/h3-11,16,20H,12-15H2,1-2H3,(H,23,26)(H,24,27)/p+1. The van der Waals surface area contributed by atoms with Crippen LogP contribution in [-0.2, 0) is 11.3 Å². The molecular formula is C22H28N3O2+. The molecule has 1 aliphatic carbocycles. The van der Waals surface area contributed by atoms with Crippen molar-refractivity contribution in [2.75, 3.05) is 6.54 Å². The van der Waals surface area contributed by atoms with Crippen molar-refractivity contribution in [1.29, 1.82) is 0 Å². The van der Waals surface area contributed by atoms with E-state index in [4.69, 9.17) is 0 Å². The van der Waals surface area contributed by atoms with Crippen molar-refractivity contribution in [3.8, 4) is 0 Å². The highest BCUT2D eigenvalue weighted by Crippen LogP contribution is 2.17. The van der Waals surface area contributed by atoms with Crippen LogP contribution in [0, 0.1) is 0 Å². The lowest BCUT2D eigenvalue weighted by Gasteiger charge is -2.19. The van der Waals surface area contributed by atoms with E-state index in [9.17, 15) is 9.59 Å². The molecule has 5 nitrogen and oxygen atoms in total. The van der Waals surface area contributed by atoms with Crippen molar-refractivity contribution in [3.05, 3.63) is 71.3 Å². The van der Waals surface area contributed by atoms with Gasteiger partial charge in [0.1, 0.15) is 6.54 Å². The van der Waals surface area contributed by atoms with Gasteiger partial charge >= 0.3 is 0 Å². The first-order chi connectivity index (χ1) is 13.0. The quantitative estimate of drug-likeness (QED) is 0.655. The third-order valence-electron chi connectivity index (χ3n) is 4.97. The molecule has 142 valence electrons. The molecule has 0 aliphatic heterocycles. The molecule has 3 N–H and O–H groups in total. The van der Waals surface area contributed by atoms with Crippen molar-refractivity contribution in [1.82, 2.24) is 10.9 Å². The number of nitrogens with one attached hydrogen (secondary N) is 3. The van der Waals surface area contributed by atoms with Gasteiger partial charge in [-0.15, -0.1) is 0 Å². The number of amides is 2. The summed E-state index contributed by atoms with van der Waals surface area (Å²) in [5.74, 6) is 0.0473. The maximum absolute atomic E-state index is 12.3. The monoisotopic (exact) mass is 366 g/mol. The van der Waals surface area contributed by atoms with Crippen LogP contribution in [0.3, 0.4) is 0 Å². The molecule has 1 aliphatic rings. The van der Waals surface area contributed by atoms with Crippen LogP contribution in [0.25, 0.3) is 0 Å². The number of hydrogen-bond acceptors (Lipinski definition) is 2. The Morgan fingerprint density at radius 3 is 2.26 bits per heavy atom. The highest BCUT2D eigenvalue weighted by atomic mass is 16.2. The molecule has 2 aromatic carbocycles. The van der Waals surface area contributed by atoms with Crippen molar-refractivity contribution < 1.29 is 14.5 Å². The minimum atomic E-state index is -0.304. The summed E-state index contributed by atoms with van der Waals surface area (Å²) >= 11 is 0. The normalized spacial score (nSPS) is 14.6. The van der Waals surface area contributed by atoms with Crippen LogP contribution in [0.2, 0.25) is 0 Å². The van der Waals surface area contributed by atoms with Crippen molar-refractivity contribution in [2.24, 2.45) is 0 Å². The lowest BCUT2D eigenvalue weighted by atomic mass is 10.0. The number of quaternary nitrogens is 1. The summed E-state index contributed by atoms with van der Waals surface area (Å²) in [4.78, 5) is 25.6. The third-order valence-corrected chi connectivity index (χ3v) is 4.97. The van der Waals surface area contributed by atoms with Gasteiger partial charge in [0.05, 0.1) is 6.04 Å². The molecule has 1 atom stereocenters. The predicted octanol–water partition coefficient (Wildman–Crippen LogP) is 1.82. The highest BCUT2D eigenvalue weighted by Gasteiger charge is 2.34. The van der Waals surface area contributed by atoms with Gasteiger partial charge in [-0.2, -0.15) is 0 Å². The molecule has 0 radical (unpaired) electrons. The van der Waals surface area contributed by atoms with Crippen LogP contribution in [0.5, 0.6) is 0 Å². The van der Waals surface area contributed by atoms with Gasteiger partial charge in [-0.3, -0.25) is 20.4 Å². The molecule has 5 heteroatoms. The fourth-order valence-electron chi connectivity index (χ4n) is 3.16. The lowest BCUT2D eigenvalue weighted by molar-refractivity contribution is -0.917. The Bertz CT molecular complexity index is 768. The Morgan fingerprint density at radius 2 is 1.67 bits per heavy atom. The number of hydrazine groups is 1. The van der Waals surface area contributed by atoms with E-state index < -0.39 is 0 Å². The van der Waals surface area contributed by atoms with Crippen LogP contribution in [0.1, 0.15) is 54.1 Å². The van der Waals surface area contributed by atoms with Crippen molar-refractivity contribution >= 4 is 11.8 Å². The zero-order chi connectivity index (χ0) is 19.2. The van der Waals surface area contributed by atoms with Crippen LogP contribution in [0.15, 0.2) is 54.6 Å². The Kier molecular flexibility index (Phi) is 6.24. The van der Waals surface area contributed by atoms with Gasteiger partial charge in [-0.05, 0) is 23.6 Å². The maximum Gasteiger partial charge on any atom is 0.293 e. The average molecular weight is 366 g/mol. The Morgan fingerprint density at radius 1 is 1.00 bits per heavy atom. The molecule has 1 unspecified atom stereocenters. The van der Waals surface area contributed by atoms with Gasteiger partial charge in [0.15, 0.2) is 6.54 Å². The zero-order valence-electron chi connectivity index (χ0n) is 16.0. The van der Waals surface area contributed by atoms with E-state index in [1.165, 1.54) is 16.0 Å². The fraction of sp³-hybridized carbons (Fsp3) is 0.364. The molecule has 2 amide bonds. The molecule has 2 aromatic rings. The highest BCUT2D eigenvalue weighted by molar-refractivity contribution is 5.95. The summed E-state index contributed by atoms with van der Waals surface area (Å²) in [7, 11) is 0. The second-order valence-corrected chi connectivity index (χ2v) is 7.55. The summed E-state index contributed by atoms with van der Waals surface area (Å²) in [5, 5.41) is 0. The molecule has 0 spiro atoms. The van der Waals surface area contributed by atoms with E-state index in [1.54, 1.807) is 24.3 Å². The van der Waals surface area contributed by atoms with E-state index in [1.807, 2.05) is 6.07 Å². The van der Waals surface area contributed by atoms with Gasteiger partial charge in [-0.25, -0.2) is 0 Å². The fourth-order valence-corrected chi connectivity index (χ4v) is 3.16. The first-order valence-corrected chi connectivity index (χ1v) is 9.60. The Balaban J connectivity index is 1.51. The molecular weight excluding hydrogens is 338 g/mol. The zero-order valence-corrected chi connectivity index (χ0v) is 16.0. The van der Waals surface area contributed by atoms with Gasteiger partial charge < -0.3 is 4.90 Å². The van der Waals surface area contributed by atoms with Gasteiger partial charge in [-0.1, -0.05) is 56.3 Å². The summed E-state index contributed by atoms with van der Waals surface area (Å²) in [6.07, 6.45) is 2.31. The van der Waals surface area contributed by atoms with Crippen LogP contribution >= 0.6 is 0 Å². The van der Waals surface area contributed by atoms with E-state index >= 15 is 0 Å². The van der Waals surface area contributed by atoms with E-state index in [0.717, 1.165) is 19.4 Å². The average Bonchev–Trinajstić information content (AvgIpc) is 3.52. The van der Waals surface area contributed by atoms with E-state index in [0.29, 0.717) is 24.1 Å². The molecule has 3 rings (SSSR count). The minimum absolute atomic E-state index is 0.167. The number of benzene rings is 2. The third kappa shape index (κ3) is 5.66. The first kappa shape index (κ1) is 19.1. The summed E-state index contributed by atoms with van der Waals surface area (Å²) in [6, 6.07) is 18.1. The van der Waals surface area contributed by atoms with E-state index in [2.05, 4.69) is 49.0 Å². The number of carbonyl (C=O) groups excluding carboxylic acids is 2. The summed E-state index contributed by atoms with van der Waals surface area (Å²) in [5.41, 5.74) is 8.13. The van der Waals surface area contributed by atoms with Crippen LogP contribution in [0.4, 0.5) is 0 Å². The van der Waals surface area contributed by atoms with Gasteiger partial charge in [0.2, 0.25) is 0 Å². The predicted molar refractivity (Wildman–Crippen MR) is 105 cm³/mol. The summed E-state index contributed by atoms with van der Waals surface area (Å²) < 4.78 is 0. The number of carbonyl (C=O) groups is 2. The molecule has 27 heavy (non-hydrogen) atoms. The topological polar surface area (TPSA) is 62.6 Å². The summed E-state index contributed by atoms with van der Waals surface area (Å²) in [6.45, 7) is 5.55. The van der Waals surface area contributed by atoms with Crippen molar-refractivity contribution in [3.63, 3.8) is 0 Å². The second-order valence-electron chi connectivity index (χ2n) is 7.55. The molecule has 1 fully saturated rings. The smallest absolute Gasteiger partial charge is 0.293 e. The van der Waals surface area contributed by atoms with Gasteiger partial charge in [0, 0.05) is 24.0 Å².